The quantitative estimate of drug-likeness (QED) is 0.588. The van der Waals surface area contributed by atoms with Gasteiger partial charge in [-0.05, 0) is 56.0 Å². The van der Waals surface area contributed by atoms with Crippen LogP contribution in [0.1, 0.15) is 71.4 Å². The summed E-state index contributed by atoms with van der Waals surface area (Å²) in [5, 5.41) is 13.4. The first-order chi connectivity index (χ1) is 17.2. The molecule has 36 heavy (non-hydrogen) atoms. The van der Waals surface area contributed by atoms with Gasteiger partial charge in [0.2, 0.25) is 0 Å². The van der Waals surface area contributed by atoms with Crippen molar-refractivity contribution in [3.05, 3.63) is 59.4 Å². The Bertz CT molecular complexity index is 1090. The molecule has 1 aliphatic heterocycles. The molecule has 0 unspecified atom stereocenters. The van der Waals surface area contributed by atoms with E-state index in [0.29, 0.717) is 32.2 Å². The third-order valence-electron chi connectivity index (χ3n) is 6.85. The Morgan fingerprint density at radius 1 is 1.14 bits per heavy atom. The first-order valence-electron chi connectivity index (χ1n) is 12.2. The number of benzene rings is 1. The van der Waals surface area contributed by atoms with Crippen LogP contribution in [0.25, 0.3) is 0 Å². The molecule has 1 saturated heterocycles. The molecule has 4 rings (SSSR count). The maximum absolute atomic E-state index is 13.1. The summed E-state index contributed by atoms with van der Waals surface area (Å²) in [5.74, 6) is -0.714. The molecule has 2 N–H and O–H groups in total. The van der Waals surface area contributed by atoms with Crippen molar-refractivity contribution in [3.63, 3.8) is 0 Å². The van der Waals surface area contributed by atoms with Gasteiger partial charge >= 0.3 is 6.18 Å². The lowest BCUT2D eigenvalue weighted by Crippen LogP contribution is -2.44. The van der Waals surface area contributed by atoms with Crippen LogP contribution in [0.2, 0.25) is 0 Å². The molecular formula is C26H30F3N3O4. The Morgan fingerprint density at radius 2 is 1.92 bits per heavy atom. The lowest BCUT2D eigenvalue weighted by molar-refractivity contribution is -0.137. The maximum Gasteiger partial charge on any atom is 0.416 e. The van der Waals surface area contributed by atoms with Gasteiger partial charge in [0.05, 0.1) is 17.2 Å². The monoisotopic (exact) mass is 505 g/mol. The van der Waals surface area contributed by atoms with E-state index in [2.05, 4.69) is 10.3 Å². The maximum atomic E-state index is 13.1. The predicted octanol–water partition coefficient (Wildman–Crippen LogP) is 4.21. The average Bonchev–Trinajstić information content (AvgIpc) is 3.34. The van der Waals surface area contributed by atoms with Gasteiger partial charge in [0, 0.05) is 24.8 Å². The van der Waals surface area contributed by atoms with E-state index < -0.39 is 29.2 Å². The van der Waals surface area contributed by atoms with E-state index in [4.69, 9.17) is 4.74 Å². The number of rotatable bonds is 7. The van der Waals surface area contributed by atoms with Crippen LogP contribution in [0, 0.1) is 0 Å². The summed E-state index contributed by atoms with van der Waals surface area (Å²) in [5.41, 5.74) is -1.74. The molecule has 1 atom stereocenters. The standard InChI is InChI=1S/C26H30F3N3O4/c27-26(28,29)19-8-4-7-18(15-19)24(34)32-14-6-9-20(32)16-36-21-10-5-13-30-22(21)23(33)31-17-25(35)11-2-1-3-12-25/h4-5,7-8,10,13,15,20,35H,1-3,6,9,11-12,14,16-17H2,(H,31,33)/t20-/m1/s1. The number of ether oxygens (including phenoxy) is 1. The fourth-order valence-corrected chi connectivity index (χ4v) is 4.85. The number of nitrogens with one attached hydrogen (secondary N) is 1. The van der Waals surface area contributed by atoms with Crippen LogP contribution in [0.3, 0.4) is 0 Å². The van der Waals surface area contributed by atoms with Crippen LogP contribution in [-0.4, -0.2) is 58.1 Å². The Labute approximate surface area is 207 Å². The van der Waals surface area contributed by atoms with Gasteiger partial charge < -0.3 is 20.1 Å². The van der Waals surface area contributed by atoms with Crippen LogP contribution in [0.4, 0.5) is 13.2 Å². The third kappa shape index (κ3) is 6.16. The largest absolute Gasteiger partial charge is 0.489 e. The van der Waals surface area contributed by atoms with Gasteiger partial charge in [-0.25, -0.2) is 4.98 Å². The first-order valence-corrected chi connectivity index (χ1v) is 12.2. The number of hydrogen-bond acceptors (Lipinski definition) is 5. The number of aliphatic hydroxyl groups is 1. The van der Waals surface area contributed by atoms with Crippen molar-refractivity contribution >= 4 is 11.8 Å². The van der Waals surface area contributed by atoms with Crippen molar-refractivity contribution in [1.29, 1.82) is 0 Å². The molecule has 2 fully saturated rings. The lowest BCUT2D eigenvalue weighted by atomic mass is 9.85. The number of likely N-dealkylation sites (tertiary alicyclic amines) is 1. The molecule has 2 amide bonds. The number of carbonyl (C=O) groups is 2. The smallest absolute Gasteiger partial charge is 0.416 e. The summed E-state index contributed by atoms with van der Waals surface area (Å²) in [6.07, 6.45) is 2.43. The van der Waals surface area contributed by atoms with Gasteiger partial charge in [0.25, 0.3) is 11.8 Å². The van der Waals surface area contributed by atoms with E-state index in [0.717, 1.165) is 31.4 Å². The van der Waals surface area contributed by atoms with E-state index >= 15 is 0 Å². The second-order valence-corrected chi connectivity index (χ2v) is 9.50. The SMILES string of the molecule is O=C(NCC1(O)CCCCC1)c1ncccc1OC[C@H]1CCCN1C(=O)c1cccc(C(F)(F)F)c1. The van der Waals surface area contributed by atoms with E-state index in [-0.39, 0.29) is 36.2 Å². The average molecular weight is 506 g/mol. The molecule has 2 aliphatic rings. The van der Waals surface area contributed by atoms with Gasteiger partial charge in [0.1, 0.15) is 6.61 Å². The van der Waals surface area contributed by atoms with Gasteiger partial charge in [-0.3, -0.25) is 9.59 Å². The highest BCUT2D eigenvalue weighted by atomic mass is 19.4. The Hall–Kier alpha value is -3.14. The number of halogens is 3. The number of hydrogen-bond donors (Lipinski definition) is 2. The molecule has 1 saturated carbocycles. The lowest BCUT2D eigenvalue weighted by Gasteiger charge is -2.32. The Morgan fingerprint density at radius 3 is 2.67 bits per heavy atom. The number of alkyl halides is 3. The summed E-state index contributed by atoms with van der Waals surface area (Å²) < 4.78 is 45.1. The second kappa shape index (κ2) is 10.9. The molecule has 10 heteroatoms. The molecule has 2 aromatic rings. The normalized spacial score (nSPS) is 19.7. The predicted molar refractivity (Wildman–Crippen MR) is 126 cm³/mol. The number of pyridine rings is 1. The minimum absolute atomic E-state index is 0.0289. The van der Waals surface area contributed by atoms with Crippen LogP contribution >= 0.6 is 0 Å². The minimum atomic E-state index is -4.53. The number of aromatic nitrogens is 1. The molecule has 1 aromatic heterocycles. The van der Waals surface area contributed by atoms with Crippen molar-refractivity contribution in [1.82, 2.24) is 15.2 Å². The fourth-order valence-electron chi connectivity index (χ4n) is 4.85. The van der Waals surface area contributed by atoms with Crippen LogP contribution in [-0.2, 0) is 6.18 Å². The number of nitrogens with zero attached hydrogens (tertiary/aromatic N) is 2. The Balaban J connectivity index is 1.40. The van der Waals surface area contributed by atoms with Gasteiger partial charge in [-0.15, -0.1) is 0 Å². The highest BCUT2D eigenvalue weighted by molar-refractivity contribution is 5.95. The van der Waals surface area contributed by atoms with Crippen LogP contribution in [0.5, 0.6) is 5.75 Å². The topological polar surface area (TPSA) is 91.8 Å². The minimum Gasteiger partial charge on any atom is -0.489 e. The van der Waals surface area contributed by atoms with Gasteiger partial charge in [-0.2, -0.15) is 13.2 Å². The molecule has 7 nitrogen and oxygen atoms in total. The number of amides is 2. The van der Waals surface area contributed by atoms with Crippen molar-refractivity contribution < 1.29 is 32.6 Å². The van der Waals surface area contributed by atoms with E-state index in [1.54, 1.807) is 12.1 Å². The van der Waals surface area contributed by atoms with Crippen molar-refractivity contribution in [3.8, 4) is 5.75 Å². The molecular weight excluding hydrogens is 475 g/mol. The number of carbonyl (C=O) groups excluding carboxylic acids is 2. The first kappa shape index (κ1) is 25.9. The third-order valence-corrected chi connectivity index (χ3v) is 6.85. The molecule has 2 heterocycles. The Kier molecular flexibility index (Phi) is 7.82. The summed E-state index contributed by atoms with van der Waals surface area (Å²) in [6, 6.07) is 7.27. The van der Waals surface area contributed by atoms with Crippen molar-refractivity contribution in [2.75, 3.05) is 19.7 Å². The van der Waals surface area contributed by atoms with E-state index in [9.17, 15) is 27.9 Å². The van der Waals surface area contributed by atoms with Crippen molar-refractivity contribution in [2.24, 2.45) is 0 Å². The summed E-state index contributed by atoms with van der Waals surface area (Å²) in [4.78, 5) is 31.4. The zero-order valence-electron chi connectivity index (χ0n) is 19.9. The fraction of sp³-hybridized carbons (Fsp3) is 0.500. The van der Waals surface area contributed by atoms with Gasteiger partial charge in [-0.1, -0.05) is 25.3 Å². The highest BCUT2D eigenvalue weighted by Crippen LogP contribution is 2.31. The molecule has 0 bridgehead atoms. The summed E-state index contributed by atoms with van der Waals surface area (Å²) in [7, 11) is 0. The van der Waals surface area contributed by atoms with Crippen LogP contribution in [0.15, 0.2) is 42.6 Å². The van der Waals surface area contributed by atoms with E-state index in [1.807, 2.05) is 0 Å². The molecule has 1 aromatic carbocycles. The van der Waals surface area contributed by atoms with Crippen molar-refractivity contribution in [2.45, 2.75) is 62.8 Å². The zero-order chi connectivity index (χ0) is 25.8. The highest BCUT2D eigenvalue weighted by Gasteiger charge is 2.34. The van der Waals surface area contributed by atoms with Crippen LogP contribution < -0.4 is 10.1 Å². The second-order valence-electron chi connectivity index (χ2n) is 9.50. The van der Waals surface area contributed by atoms with Gasteiger partial charge in [0.15, 0.2) is 11.4 Å². The molecule has 0 radical (unpaired) electrons. The molecule has 0 spiro atoms. The summed E-state index contributed by atoms with van der Waals surface area (Å²) >= 11 is 0. The zero-order valence-corrected chi connectivity index (χ0v) is 19.9. The van der Waals surface area contributed by atoms with E-state index in [1.165, 1.54) is 23.2 Å². The molecule has 194 valence electrons. The molecule has 1 aliphatic carbocycles. The summed E-state index contributed by atoms with van der Waals surface area (Å²) in [6.45, 7) is 0.604.